The van der Waals surface area contributed by atoms with Crippen molar-refractivity contribution in [3.8, 4) is 6.07 Å². The molecule has 0 spiro atoms. The van der Waals surface area contributed by atoms with Gasteiger partial charge in [0.2, 0.25) is 0 Å². The molecule has 1 atom stereocenters. The highest BCUT2D eigenvalue weighted by Gasteiger charge is 2.24. The molecular formula is C14H12N2OS. The Labute approximate surface area is 110 Å². The average Bonchev–Trinajstić information content (AvgIpc) is 2.79. The number of nitrogens with zero attached hydrogens (tertiary/aromatic N) is 2. The predicted molar refractivity (Wildman–Crippen MR) is 70.7 cm³/mol. The van der Waals surface area contributed by atoms with E-state index in [9.17, 15) is 10.1 Å². The number of Topliss-reactive ketones (excluding diaryl/α,β-unsaturated/α-hetero) is 1. The predicted octanol–water partition coefficient (Wildman–Crippen LogP) is 3.25. The number of carbonyl (C=O) groups excluding carboxylic acids is 1. The van der Waals surface area contributed by atoms with Crippen LogP contribution in [0.5, 0.6) is 0 Å². The van der Waals surface area contributed by atoms with Gasteiger partial charge in [0.05, 0.1) is 16.0 Å². The Balaban J connectivity index is 2.39. The summed E-state index contributed by atoms with van der Waals surface area (Å²) in [5, 5.41) is 10.1. The summed E-state index contributed by atoms with van der Waals surface area (Å²) in [6.45, 7) is 3.75. The Morgan fingerprint density at radius 3 is 2.67 bits per heavy atom. The van der Waals surface area contributed by atoms with Crippen molar-refractivity contribution < 1.29 is 4.79 Å². The fraction of sp³-hybridized carbons (Fsp3) is 0.214. The molecule has 1 unspecified atom stereocenters. The molecule has 1 aromatic carbocycles. The third-order valence-corrected chi connectivity index (χ3v) is 3.68. The molecular weight excluding hydrogens is 244 g/mol. The zero-order valence-electron chi connectivity index (χ0n) is 10.2. The fourth-order valence-electron chi connectivity index (χ4n) is 1.80. The van der Waals surface area contributed by atoms with E-state index in [4.69, 9.17) is 0 Å². The smallest absolute Gasteiger partial charge is 0.195 e. The standard InChI is InChI=1S/C14H12N2OS/c1-9-5-3-4-6-11(9)12(7-15)14(17)13-8-16-10(2)18-13/h3-6,8,12H,1-2H3. The highest BCUT2D eigenvalue weighted by Crippen LogP contribution is 2.25. The van der Waals surface area contributed by atoms with Crippen LogP contribution in [0.25, 0.3) is 0 Å². The summed E-state index contributed by atoms with van der Waals surface area (Å²) >= 11 is 1.33. The topological polar surface area (TPSA) is 53.8 Å². The lowest BCUT2D eigenvalue weighted by molar-refractivity contribution is 0.0982. The van der Waals surface area contributed by atoms with Gasteiger partial charge in [-0.2, -0.15) is 5.26 Å². The second kappa shape index (κ2) is 5.11. The maximum atomic E-state index is 12.3. The molecule has 4 heteroatoms. The van der Waals surface area contributed by atoms with Crippen molar-refractivity contribution in [1.82, 2.24) is 4.98 Å². The van der Waals surface area contributed by atoms with Crippen LogP contribution in [0.1, 0.15) is 31.7 Å². The maximum absolute atomic E-state index is 12.3. The molecule has 0 bridgehead atoms. The second-order valence-corrected chi connectivity index (χ2v) is 5.26. The minimum Gasteiger partial charge on any atom is -0.291 e. The number of thiazole rings is 1. The number of carbonyl (C=O) groups is 1. The van der Waals surface area contributed by atoms with E-state index in [-0.39, 0.29) is 5.78 Å². The van der Waals surface area contributed by atoms with Gasteiger partial charge >= 0.3 is 0 Å². The van der Waals surface area contributed by atoms with Crippen LogP contribution in [0.4, 0.5) is 0 Å². The first-order valence-corrected chi connectivity index (χ1v) is 6.37. The SMILES string of the molecule is Cc1ncc(C(=O)C(C#N)c2ccccc2C)s1. The van der Waals surface area contributed by atoms with Crippen LogP contribution in [0.3, 0.4) is 0 Å². The molecule has 18 heavy (non-hydrogen) atoms. The average molecular weight is 256 g/mol. The number of benzene rings is 1. The summed E-state index contributed by atoms with van der Waals surface area (Å²) in [5.74, 6) is -0.913. The van der Waals surface area contributed by atoms with Crippen LogP contribution in [0.15, 0.2) is 30.5 Å². The van der Waals surface area contributed by atoms with Crippen molar-refractivity contribution >= 4 is 17.1 Å². The van der Waals surface area contributed by atoms with Gasteiger partial charge in [-0.1, -0.05) is 24.3 Å². The number of aromatic nitrogens is 1. The molecule has 1 aromatic heterocycles. The third kappa shape index (κ3) is 2.31. The highest BCUT2D eigenvalue weighted by atomic mass is 32.1. The third-order valence-electron chi connectivity index (χ3n) is 2.75. The normalized spacial score (nSPS) is 11.8. The lowest BCUT2D eigenvalue weighted by Crippen LogP contribution is -2.11. The minimum absolute atomic E-state index is 0.169. The summed E-state index contributed by atoms with van der Waals surface area (Å²) in [7, 11) is 0. The molecule has 0 aliphatic heterocycles. The summed E-state index contributed by atoms with van der Waals surface area (Å²) in [6.07, 6.45) is 1.55. The highest BCUT2D eigenvalue weighted by molar-refractivity contribution is 7.13. The van der Waals surface area contributed by atoms with Crippen LogP contribution in [0, 0.1) is 25.2 Å². The first-order valence-electron chi connectivity index (χ1n) is 5.55. The molecule has 0 aliphatic carbocycles. The van der Waals surface area contributed by atoms with Crippen LogP contribution < -0.4 is 0 Å². The number of hydrogen-bond acceptors (Lipinski definition) is 4. The molecule has 2 aromatic rings. The largest absolute Gasteiger partial charge is 0.291 e. The van der Waals surface area contributed by atoms with Crippen molar-refractivity contribution in [1.29, 1.82) is 5.26 Å². The Bertz CT molecular complexity index is 625. The number of aryl methyl sites for hydroxylation is 2. The number of rotatable bonds is 3. The van der Waals surface area contributed by atoms with E-state index in [1.165, 1.54) is 11.3 Å². The van der Waals surface area contributed by atoms with Crippen LogP contribution in [-0.2, 0) is 0 Å². The second-order valence-electron chi connectivity index (χ2n) is 4.03. The van der Waals surface area contributed by atoms with E-state index in [1.807, 2.05) is 38.1 Å². The monoisotopic (exact) mass is 256 g/mol. The van der Waals surface area contributed by atoms with E-state index < -0.39 is 5.92 Å². The zero-order chi connectivity index (χ0) is 13.1. The Kier molecular flexibility index (Phi) is 3.54. The molecule has 3 nitrogen and oxygen atoms in total. The first kappa shape index (κ1) is 12.5. The van der Waals surface area contributed by atoms with E-state index in [0.717, 1.165) is 16.1 Å². The number of ketones is 1. The van der Waals surface area contributed by atoms with Gasteiger partial charge in [-0.05, 0) is 25.0 Å². The van der Waals surface area contributed by atoms with Crippen molar-refractivity contribution in [2.24, 2.45) is 0 Å². The van der Waals surface area contributed by atoms with Gasteiger partial charge in [0, 0.05) is 6.20 Å². The van der Waals surface area contributed by atoms with Gasteiger partial charge in [0.15, 0.2) is 5.78 Å². The number of nitriles is 1. The van der Waals surface area contributed by atoms with E-state index in [1.54, 1.807) is 6.20 Å². The van der Waals surface area contributed by atoms with E-state index in [0.29, 0.717) is 4.88 Å². The minimum atomic E-state index is -0.744. The summed E-state index contributed by atoms with van der Waals surface area (Å²) in [5.41, 5.74) is 1.73. The number of hydrogen-bond donors (Lipinski definition) is 0. The molecule has 0 saturated carbocycles. The van der Waals surface area contributed by atoms with Crippen LogP contribution >= 0.6 is 11.3 Å². The molecule has 0 saturated heterocycles. The molecule has 0 amide bonds. The van der Waals surface area contributed by atoms with Gasteiger partial charge in [0.1, 0.15) is 5.92 Å². The molecule has 0 fully saturated rings. The fourth-order valence-corrected chi connectivity index (χ4v) is 2.55. The quantitative estimate of drug-likeness (QED) is 0.792. The molecule has 0 N–H and O–H groups in total. The lowest BCUT2D eigenvalue weighted by Gasteiger charge is -2.09. The van der Waals surface area contributed by atoms with Gasteiger partial charge in [-0.25, -0.2) is 4.98 Å². The van der Waals surface area contributed by atoms with Gasteiger partial charge in [0.25, 0.3) is 0 Å². The first-order chi connectivity index (χ1) is 8.63. The Hall–Kier alpha value is -1.99. The lowest BCUT2D eigenvalue weighted by atomic mass is 9.92. The van der Waals surface area contributed by atoms with Crippen molar-refractivity contribution in [2.75, 3.05) is 0 Å². The molecule has 90 valence electrons. The summed E-state index contributed by atoms with van der Waals surface area (Å²) in [4.78, 5) is 16.9. The van der Waals surface area contributed by atoms with E-state index >= 15 is 0 Å². The maximum Gasteiger partial charge on any atom is 0.195 e. The molecule has 0 aliphatic rings. The van der Waals surface area contributed by atoms with E-state index in [2.05, 4.69) is 11.1 Å². The Morgan fingerprint density at radius 2 is 2.11 bits per heavy atom. The summed E-state index contributed by atoms with van der Waals surface area (Å²) in [6, 6.07) is 9.57. The van der Waals surface area contributed by atoms with Gasteiger partial charge < -0.3 is 0 Å². The van der Waals surface area contributed by atoms with Crippen LogP contribution in [-0.4, -0.2) is 10.8 Å². The van der Waals surface area contributed by atoms with Gasteiger partial charge in [-0.15, -0.1) is 11.3 Å². The molecule has 1 heterocycles. The summed E-state index contributed by atoms with van der Waals surface area (Å²) < 4.78 is 0. The van der Waals surface area contributed by atoms with Crippen LogP contribution in [0.2, 0.25) is 0 Å². The van der Waals surface area contributed by atoms with Crippen molar-refractivity contribution in [3.63, 3.8) is 0 Å². The Morgan fingerprint density at radius 1 is 1.39 bits per heavy atom. The van der Waals surface area contributed by atoms with Crippen molar-refractivity contribution in [3.05, 3.63) is 51.5 Å². The molecule has 2 rings (SSSR count). The zero-order valence-corrected chi connectivity index (χ0v) is 11.0. The molecule has 0 radical (unpaired) electrons. The van der Waals surface area contributed by atoms with Crippen molar-refractivity contribution in [2.45, 2.75) is 19.8 Å². The van der Waals surface area contributed by atoms with Gasteiger partial charge in [-0.3, -0.25) is 4.79 Å².